The van der Waals surface area contributed by atoms with Gasteiger partial charge in [-0.3, -0.25) is 4.79 Å². The molecule has 2 heterocycles. The molecule has 9 heteroatoms. The monoisotopic (exact) mass is 411 g/mol. The molecule has 1 atom stereocenters. The Morgan fingerprint density at radius 2 is 1.83 bits per heavy atom. The summed E-state index contributed by atoms with van der Waals surface area (Å²) in [5.74, 6) is 0.919. The van der Waals surface area contributed by atoms with Crippen molar-refractivity contribution >= 4 is 22.5 Å². The van der Waals surface area contributed by atoms with E-state index in [4.69, 9.17) is 16.0 Å². The van der Waals surface area contributed by atoms with Gasteiger partial charge in [0.2, 0.25) is 5.89 Å². The van der Waals surface area contributed by atoms with Gasteiger partial charge < -0.3 is 9.32 Å². The van der Waals surface area contributed by atoms with Gasteiger partial charge in [0, 0.05) is 10.6 Å². The summed E-state index contributed by atoms with van der Waals surface area (Å²) >= 11 is 5.93. The molecule has 4 aromatic rings. The smallest absolute Gasteiger partial charge is 0.282 e. The quantitative estimate of drug-likeness (QED) is 0.521. The third kappa shape index (κ3) is 4.18. The molecular formula is C20H20ClN6O2+. The summed E-state index contributed by atoms with van der Waals surface area (Å²) in [5, 5.41) is 17.7. The minimum absolute atomic E-state index is 0.166. The lowest BCUT2D eigenvalue weighted by atomic mass is 10.2. The van der Waals surface area contributed by atoms with Gasteiger partial charge in [-0.25, -0.2) is 0 Å². The van der Waals surface area contributed by atoms with Crippen LogP contribution in [0.5, 0.6) is 0 Å². The Morgan fingerprint density at radius 3 is 2.59 bits per heavy atom. The molecular weight excluding hydrogens is 392 g/mol. The number of benzene rings is 2. The first-order valence-electron chi connectivity index (χ1n) is 9.26. The maximum absolute atomic E-state index is 12.7. The van der Waals surface area contributed by atoms with Gasteiger partial charge in [0.15, 0.2) is 13.2 Å². The molecule has 29 heavy (non-hydrogen) atoms. The number of halogens is 1. The fourth-order valence-electron chi connectivity index (χ4n) is 2.99. The van der Waals surface area contributed by atoms with Crippen molar-refractivity contribution in [2.75, 3.05) is 0 Å². The Kier molecular flexibility index (Phi) is 5.37. The average Bonchev–Trinajstić information content (AvgIpc) is 3.18. The van der Waals surface area contributed by atoms with Gasteiger partial charge in [-0.05, 0) is 50.2 Å². The van der Waals surface area contributed by atoms with Crippen LogP contribution in [0.1, 0.15) is 19.7 Å². The highest BCUT2D eigenvalue weighted by molar-refractivity contribution is 6.30. The van der Waals surface area contributed by atoms with E-state index in [9.17, 15) is 4.79 Å². The molecule has 0 saturated carbocycles. The zero-order valence-corrected chi connectivity index (χ0v) is 16.8. The lowest BCUT2D eigenvalue weighted by Crippen LogP contribution is -3.13. The van der Waals surface area contributed by atoms with Gasteiger partial charge in [-0.1, -0.05) is 28.9 Å². The number of nitrogens with zero attached hydrogens (tertiary/aromatic N) is 5. The summed E-state index contributed by atoms with van der Waals surface area (Å²) in [7, 11) is 0. The molecule has 0 aliphatic carbocycles. The van der Waals surface area contributed by atoms with Crippen LogP contribution < -0.4 is 10.5 Å². The summed E-state index contributed by atoms with van der Waals surface area (Å²) in [4.78, 5) is 13.8. The van der Waals surface area contributed by atoms with Crippen molar-refractivity contribution in [3.05, 3.63) is 69.8 Å². The average molecular weight is 412 g/mol. The van der Waals surface area contributed by atoms with Gasteiger partial charge in [0.1, 0.15) is 5.52 Å². The Morgan fingerprint density at radius 1 is 1.07 bits per heavy atom. The van der Waals surface area contributed by atoms with Gasteiger partial charge in [0.05, 0.1) is 11.4 Å². The van der Waals surface area contributed by atoms with E-state index in [2.05, 4.69) is 34.4 Å². The third-order valence-corrected chi connectivity index (χ3v) is 4.99. The molecule has 4 rings (SSSR count). The number of rotatable bonds is 6. The molecule has 2 aromatic carbocycles. The number of quaternary nitrogens is 1. The van der Waals surface area contributed by atoms with Crippen molar-refractivity contribution < 1.29 is 9.32 Å². The predicted octanol–water partition coefficient (Wildman–Crippen LogP) is 1.95. The second-order valence-corrected chi connectivity index (χ2v) is 7.50. The van der Waals surface area contributed by atoms with E-state index < -0.39 is 0 Å². The summed E-state index contributed by atoms with van der Waals surface area (Å²) in [6.45, 7) is 4.92. The molecule has 8 nitrogen and oxygen atoms in total. The first-order valence-corrected chi connectivity index (χ1v) is 9.64. The number of nitrogens with one attached hydrogen (secondary N) is 1. The maximum Gasteiger partial charge on any atom is 0.282 e. The van der Waals surface area contributed by atoms with Crippen LogP contribution >= 0.6 is 11.6 Å². The molecule has 0 spiro atoms. The van der Waals surface area contributed by atoms with Crippen LogP contribution in [0.25, 0.3) is 22.4 Å². The summed E-state index contributed by atoms with van der Waals surface area (Å²) in [6, 6.07) is 14.6. The van der Waals surface area contributed by atoms with Gasteiger partial charge in [-0.15, -0.1) is 15.3 Å². The maximum atomic E-state index is 12.7. The minimum Gasteiger partial charge on any atom is -0.415 e. The Labute approximate surface area is 171 Å². The lowest BCUT2D eigenvalue weighted by molar-refractivity contribution is -0.958. The second kappa shape index (κ2) is 8.10. The molecule has 0 aliphatic rings. The predicted molar refractivity (Wildman–Crippen MR) is 108 cm³/mol. The zero-order valence-electron chi connectivity index (χ0n) is 16.0. The lowest BCUT2D eigenvalue weighted by Gasteiger charge is -2.21. The van der Waals surface area contributed by atoms with Gasteiger partial charge in [0.25, 0.3) is 11.4 Å². The summed E-state index contributed by atoms with van der Waals surface area (Å²) in [5.41, 5.74) is 1.22. The zero-order chi connectivity index (χ0) is 20.4. The Bertz CT molecular complexity index is 1190. The highest BCUT2D eigenvalue weighted by Gasteiger charge is 2.21. The molecule has 1 unspecified atom stereocenters. The van der Waals surface area contributed by atoms with Crippen LogP contribution in [-0.2, 0) is 13.2 Å². The van der Waals surface area contributed by atoms with Crippen molar-refractivity contribution in [3.8, 4) is 11.5 Å². The van der Waals surface area contributed by atoms with Crippen molar-refractivity contribution in [1.29, 1.82) is 0 Å². The molecule has 0 saturated heterocycles. The molecule has 0 radical (unpaired) electrons. The van der Waals surface area contributed by atoms with E-state index in [0.29, 0.717) is 40.9 Å². The van der Waals surface area contributed by atoms with E-state index in [0.717, 1.165) is 10.5 Å². The minimum atomic E-state index is -0.166. The van der Waals surface area contributed by atoms with Crippen LogP contribution in [-0.4, -0.2) is 31.2 Å². The molecule has 0 amide bonds. The number of hydrogen-bond donors (Lipinski definition) is 1. The summed E-state index contributed by atoms with van der Waals surface area (Å²) < 4.78 is 7.20. The molecule has 0 bridgehead atoms. The first kappa shape index (κ1) is 19.2. The number of hydrogen-bond acceptors (Lipinski definition) is 6. The van der Waals surface area contributed by atoms with Crippen molar-refractivity contribution in [3.63, 3.8) is 0 Å². The first-order chi connectivity index (χ1) is 14.0. The van der Waals surface area contributed by atoms with E-state index in [1.807, 2.05) is 24.3 Å². The van der Waals surface area contributed by atoms with Gasteiger partial charge in [-0.2, -0.15) is 4.68 Å². The molecule has 1 N–H and O–H groups in total. The Hall–Kier alpha value is -3.10. The summed E-state index contributed by atoms with van der Waals surface area (Å²) in [6.07, 6.45) is 0. The van der Waals surface area contributed by atoms with Crippen LogP contribution in [0.4, 0.5) is 0 Å². The van der Waals surface area contributed by atoms with Crippen LogP contribution in [0.2, 0.25) is 5.02 Å². The number of aromatic nitrogens is 5. The highest BCUT2D eigenvalue weighted by Crippen LogP contribution is 2.19. The molecule has 0 fully saturated rings. The van der Waals surface area contributed by atoms with E-state index >= 15 is 0 Å². The number of fused-ring (bicyclic) bond motifs is 1. The van der Waals surface area contributed by atoms with Crippen LogP contribution in [0.3, 0.4) is 0 Å². The second-order valence-electron chi connectivity index (χ2n) is 7.07. The topological polar surface area (TPSA) is 91.1 Å². The van der Waals surface area contributed by atoms with Crippen molar-refractivity contribution in [1.82, 2.24) is 25.2 Å². The fourth-order valence-corrected chi connectivity index (χ4v) is 3.12. The van der Waals surface area contributed by atoms with Crippen LogP contribution in [0, 0.1) is 0 Å². The van der Waals surface area contributed by atoms with Gasteiger partial charge >= 0.3 is 0 Å². The molecule has 148 valence electrons. The van der Waals surface area contributed by atoms with Crippen LogP contribution in [0.15, 0.2) is 57.7 Å². The van der Waals surface area contributed by atoms with E-state index in [1.54, 1.807) is 24.3 Å². The third-order valence-electron chi connectivity index (χ3n) is 4.73. The van der Waals surface area contributed by atoms with E-state index in [1.165, 1.54) is 4.68 Å². The molecule has 2 aromatic heterocycles. The largest absolute Gasteiger partial charge is 0.415 e. The van der Waals surface area contributed by atoms with Crippen molar-refractivity contribution in [2.24, 2.45) is 0 Å². The Balaban J connectivity index is 1.56. The normalized spacial score (nSPS) is 12.6. The molecule has 0 aliphatic heterocycles. The van der Waals surface area contributed by atoms with E-state index in [-0.39, 0.29) is 11.6 Å². The highest BCUT2D eigenvalue weighted by atomic mass is 35.5. The van der Waals surface area contributed by atoms with Crippen molar-refractivity contribution in [2.45, 2.75) is 33.1 Å². The fraction of sp³-hybridized carbons (Fsp3) is 0.250. The SMILES string of the molecule is CC(C)[NH+](Cc1nnc(-c2ccc(Cl)cc2)o1)Cn1nnc2ccccc2c1=O. The standard InChI is InChI=1S/C20H19ClN6O2/c1-13(2)26(12-27-20(28)16-5-3-4-6-17(16)22-25-27)11-18-23-24-19(29-18)14-7-9-15(21)10-8-14/h3-10,13H,11-12H2,1-2H3/p+1.